The van der Waals surface area contributed by atoms with E-state index in [1.807, 2.05) is 30.3 Å². The fourth-order valence-corrected chi connectivity index (χ4v) is 3.34. The number of esters is 1. The van der Waals surface area contributed by atoms with Crippen LogP contribution in [-0.2, 0) is 25.5 Å². The third-order valence-corrected chi connectivity index (χ3v) is 4.78. The molecule has 0 saturated carbocycles. The first kappa shape index (κ1) is 20.3. The molecule has 0 spiro atoms. The number of carboxylic acid groups (broad SMARTS) is 1. The van der Waals surface area contributed by atoms with Crippen molar-refractivity contribution in [1.29, 1.82) is 0 Å². The fourth-order valence-electron chi connectivity index (χ4n) is 3.34. The molecule has 3 rings (SSSR count). The number of ketones is 1. The Bertz CT molecular complexity index is 946. The molecule has 6 heteroatoms. The lowest BCUT2D eigenvalue weighted by molar-refractivity contribution is -0.148. The summed E-state index contributed by atoms with van der Waals surface area (Å²) in [6, 6.07) is 13.9. The maximum atomic E-state index is 12.3. The lowest BCUT2D eigenvalue weighted by Gasteiger charge is -2.19. The van der Waals surface area contributed by atoms with Crippen LogP contribution in [0.4, 0.5) is 0 Å². The molecule has 2 aromatic carbocycles. The summed E-state index contributed by atoms with van der Waals surface area (Å²) in [4.78, 5) is 34.3. The Morgan fingerprint density at radius 1 is 1.07 bits per heavy atom. The van der Waals surface area contributed by atoms with Crippen molar-refractivity contribution in [3.05, 3.63) is 66.2 Å². The number of hydrogen-bond acceptors (Lipinski definition) is 5. The highest BCUT2D eigenvalue weighted by Crippen LogP contribution is 2.41. The summed E-state index contributed by atoms with van der Waals surface area (Å²) < 4.78 is 11.0. The monoisotopic (exact) mass is 394 g/mol. The van der Waals surface area contributed by atoms with Gasteiger partial charge in [0.05, 0.1) is 19.4 Å². The molecule has 0 fully saturated rings. The summed E-state index contributed by atoms with van der Waals surface area (Å²) in [7, 11) is 0. The van der Waals surface area contributed by atoms with Crippen LogP contribution >= 0.6 is 0 Å². The van der Waals surface area contributed by atoms with Crippen LogP contribution in [0, 0.1) is 0 Å². The quantitative estimate of drug-likeness (QED) is 0.418. The first-order valence-corrected chi connectivity index (χ1v) is 9.40. The summed E-state index contributed by atoms with van der Waals surface area (Å²) in [6.45, 7) is 3.47. The van der Waals surface area contributed by atoms with E-state index >= 15 is 0 Å². The highest BCUT2D eigenvalue weighted by molar-refractivity contribution is 5.93. The largest absolute Gasteiger partial charge is 0.482 e. The predicted molar refractivity (Wildman–Crippen MR) is 107 cm³/mol. The van der Waals surface area contributed by atoms with Crippen LogP contribution in [0.25, 0.3) is 11.1 Å². The number of rotatable bonds is 10. The molecule has 1 aliphatic carbocycles. The van der Waals surface area contributed by atoms with Gasteiger partial charge in [0.25, 0.3) is 0 Å². The molecule has 150 valence electrons. The highest BCUT2D eigenvalue weighted by Gasteiger charge is 2.25. The molecule has 29 heavy (non-hydrogen) atoms. The smallest absolute Gasteiger partial charge is 0.306 e. The van der Waals surface area contributed by atoms with Gasteiger partial charge in [-0.25, -0.2) is 0 Å². The normalized spacial score (nSPS) is 12.4. The van der Waals surface area contributed by atoms with E-state index in [0.717, 1.165) is 23.1 Å². The van der Waals surface area contributed by atoms with Gasteiger partial charge in [-0.2, -0.15) is 0 Å². The molecule has 1 N–H and O–H groups in total. The summed E-state index contributed by atoms with van der Waals surface area (Å²) >= 11 is 0. The Morgan fingerprint density at radius 3 is 2.59 bits per heavy atom. The molecule has 2 aromatic rings. The van der Waals surface area contributed by atoms with Crippen molar-refractivity contribution in [3.63, 3.8) is 0 Å². The van der Waals surface area contributed by atoms with Gasteiger partial charge in [0.1, 0.15) is 5.75 Å². The molecular formula is C23H22O6. The van der Waals surface area contributed by atoms with Gasteiger partial charge in [0, 0.05) is 18.4 Å². The van der Waals surface area contributed by atoms with Gasteiger partial charge in [0.15, 0.2) is 11.9 Å². The molecule has 0 bridgehead atoms. The SMILES string of the molecule is C=CC(=O)C(CCOC(=O)CCC(=O)O)Oc1cccc2c1Cc1ccccc1-2. The van der Waals surface area contributed by atoms with Gasteiger partial charge in [-0.3, -0.25) is 14.4 Å². The average molecular weight is 394 g/mol. The van der Waals surface area contributed by atoms with Gasteiger partial charge in [-0.15, -0.1) is 0 Å². The molecule has 6 nitrogen and oxygen atoms in total. The standard InChI is InChI=1S/C23H22O6/c1-2-19(24)21(12-13-28-23(27)11-10-22(25)26)29-20-9-5-8-17-16-7-4-3-6-15(16)14-18(17)20/h2-9,21H,1,10-14H2,(H,25,26). The van der Waals surface area contributed by atoms with Crippen LogP contribution in [0.15, 0.2) is 55.1 Å². The number of hydrogen-bond donors (Lipinski definition) is 1. The van der Waals surface area contributed by atoms with Crippen molar-refractivity contribution in [1.82, 2.24) is 0 Å². The van der Waals surface area contributed by atoms with E-state index in [2.05, 4.69) is 18.7 Å². The molecule has 1 unspecified atom stereocenters. The number of benzene rings is 2. The van der Waals surface area contributed by atoms with Crippen molar-refractivity contribution < 1.29 is 29.0 Å². The lowest BCUT2D eigenvalue weighted by Crippen LogP contribution is -2.28. The van der Waals surface area contributed by atoms with E-state index in [4.69, 9.17) is 14.6 Å². The number of aliphatic carboxylic acids is 1. The average Bonchev–Trinajstić information content (AvgIpc) is 3.10. The fraction of sp³-hybridized carbons (Fsp3) is 0.261. The maximum Gasteiger partial charge on any atom is 0.306 e. The first-order valence-electron chi connectivity index (χ1n) is 9.40. The van der Waals surface area contributed by atoms with E-state index in [-0.39, 0.29) is 31.7 Å². The van der Waals surface area contributed by atoms with Crippen LogP contribution in [0.1, 0.15) is 30.4 Å². The highest BCUT2D eigenvalue weighted by atomic mass is 16.5. The van der Waals surface area contributed by atoms with Crippen molar-refractivity contribution in [2.45, 2.75) is 31.8 Å². The van der Waals surface area contributed by atoms with E-state index < -0.39 is 18.0 Å². The van der Waals surface area contributed by atoms with Gasteiger partial charge in [-0.1, -0.05) is 43.0 Å². The van der Waals surface area contributed by atoms with Crippen molar-refractivity contribution in [2.75, 3.05) is 6.61 Å². The number of fused-ring (bicyclic) bond motifs is 3. The Morgan fingerprint density at radius 2 is 1.83 bits per heavy atom. The van der Waals surface area contributed by atoms with Crippen LogP contribution in [0.3, 0.4) is 0 Å². The first-order chi connectivity index (χ1) is 14.0. The van der Waals surface area contributed by atoms with Gasteiger partial charge in [0.2, 0.25) is 0 Å². The zero-order valence-corrected chi connectivity index (χ0v) is 15.9. The Hall–Kier alpha value is -3.41. The molecule has 1 atom stereocenters. The minimum absolute atomic E-state index is 0.0437. The number of carbonyl (C=O) groups excluding carboxylic acids is 2. The van der Waals surface area contributed by atoms with Gasteiger partial charge in [-0.05, 0) is 28.8 Å². The van der Waals surface area contributed by atoms with Crippen LogP contribution in [0.2, 0.25) is 0 Å². The predicted octanol–water partition coefficient (Wildman–Crippen LogP) is 3.56. The molecule has 1 aliphatic rings. The number of carboxylic acids is 1. The summed E-state index contributed by atoms with van der Waals surface area (Å²) in [6.07, 6.45) is 0.729. The Kier molecular flexibility index (Phi) is 6.44. The molecule has 0 aromatic heterocycles. The second-order valence-corrected chi connectivity index (χ2v) is 6.73. The Balaban J connectivity index is 1.67. The van der Waals surface area contributed by atoms with E-state index in [0.29, 0.717) is 5.75 Å². The Labute approximate surface area is 168 Å². The summed E-state index contributed by atoms with van der Waals surface area (Å²) in [5.41, 5.74) is 4.47. The van der Waals surface area contributed by atoms with E-state index in [1.54, 1.807) is 0 Å². The summed E-state index contributed by atoms with van der Waals surface area (Å²) in [5, 5.41) is 8.60. The zero-order chi connectivity index (χ0) is 20.8. The lowest BCUT2D eigenvalue weighted by atomic mass is 10.1. The summed E-state index contributed by atoms with van der Waals surface area (Å²) in [5.74, 6) is -1.37. The van der Waals surface area contributed by atoms with Crippen LogP contribution < -0.4 is 4.74 Å². The molecule has 0 amide bonds. The van der Waals surface area contributed by atoms with Crippen LogP contribution in [0.5, 0.6) is 5.75 Å². The third-order valence-electron chi connectivity index (χ3n) is 4.78. The molecule has 0 saturated heterocycles. The van der Waals surface area contributed by atoms with Crippen molar-refractivity contribution in [2.24, 2.45) is 0 Å². The molecular weight excluding hydrogens is 372 g/mol. The van der Waals surface area contributed by atoms with Crippen molar-refractivity contribution >= 4 is 17.7 Å². The minimum Gasteiger partial charge on any atom is -0.482 e. The number of carbonyl (C=O) groups is 3. The maximum absolute atomic E-state index is 12.3. The van der Waals surface area contributed by atoms with E-state index in [9.17, 15) is 14.4 Å². The van der Waals surface area contributed by atoms with Gasteiger partial charge >= 0.3 is 11.9 Å². The topological polar surface area (TPSA) is 89.9 Å². The second-order valence-electron chi connectivity index (χ2n) is 6.73. The number of ether oxygens (including phenoxy) is 2. The molecule has 0 radical (unpaired) electrons. The second kappa shape index (κ2) is 9.19. The minimum atomic E-state index is -1.07. The molecule has 0 aliphatic heterocycles. The zero-order valence-electron chi connectivity index (χ0n) is 15.9. The van der Waals surface area contributed by atoms with E-state index in [1.165, 1.54) is 11.6 Å². The molecule has 0 heterocycles. The van der Waals surface area contributed by atoms with Crippen molar-refractivity contribution in [3.8, 4) is 16.9 Å². The van der Waals surface area contributed by atoms with Crippen LogP contribution in [-0.4, -0.2) is 35.5 Å². The van der Waals surface area contributed by atoms with Gasteiger partial charge < -0.3 is 14.6 Å². The third kappa shape index (κ3) is 4.90.